The van der Waals surface area contributed by atoms with Crippen molar-refractivity contribution in [3.05, 3.63) is 34.1 Å². The van der Waals surface area contributed by atoms with E-state index in [0.29, 0.717) is 23.0 Å². The monoisotopic (exact) mass is 568 g/mol. The fourth-order valence-corrected chi connectivity index (χ4v) is 3.92. The Balaban J connectivity index is 0.00000280. The number of rotatable bonds is 6. The summed E-state index contributed by atoms with van der Waals surface area (Å²) in [6, 6.07) is 5.58. The van der Waals surface area contributed by atoms with Gasteiger partial charge in [-0.15, -0.1) is 24.0 Å². The molecular formula is C20H31BrFIN4O. The van der Waals surface area contributed by atoms with Crippen LogP contribution in [0.3, 0.4) is 0 Å². The molecule has 1 unspecified atom stereocenters. The third-order valence-electron chi connectivity index (χ3n) is 5.22. The van der Waals surface area contributed by atoms with Gasteiger partial charge in [0.2, 0.25) is 0 Å². The van der Waals surface area contributed by atoms with Crippen molar-refractivity contribution in [3.63, 3.8) is 0 Å². The lowest BCUT2D eigenvalue weighted by Crippen LogP contribution is -2.49. The van der Waals surface area contributed by atoms with Crippen LogP contribution in [0.25, 0.3) is 0 Å². The summed E-state index contributed by atoms with van der Waals surface area (Å²) in [5.41, 5.74) is 0.863. The third kappa shape index (κ3) is 7.42. The van der Waals surface area contributed by atoms with Crippen LogP contribution in [0.2, 0.25) is 0 Å². The minimum absolute atomic E-state index is 0. The van der Waals surface area contributed by atoms with Crippen LogP contribution in [0.5, 0.6) is 0 Å². The molecule has 0 saturated carbocycles. The SMILES string of the molecule is CCNC(=NCc1ccc(Br)c(F)c1)NC1CCN(CC2CCOC2)CC1.I. The predicted octanol–water partition coefficient (Wildman–Crippen LogP) is 3.76. The van der Waals surface area contributed by atoms with E-state index in [1.54, 1.807) is 6.07 Å². The molecule has 1 aromatic rings. The first-order valence-corrected chi connectivity index (χ1v) is 10.7. The maximum atomic E-state index is 13.7. The van der Waals surface area contributed by atoms with Crippen molar-refractivity contribution in [1.82, 2.24) is 15.5 Å². The Hall–Kier alpha value is -0.450. The van der Waals surface area contributed by atoms with Crippen molar-refractivity contribution in [2.24, 2.45) is 10.9 Å². The van der Waals surface area contributed by atoms with E-state index in [-0.39, 0.29) is 29.8 Å². The molecule has 3 rings (SSSR count). The Bertz CT molecular complexity index is 635. The fourth-order valence-electron chi connectivity index (χ4n) is 3.67. The maximum Gasteiger partial charge on any atom is 0.191 e. The van der Waals surface area contributed by atoms with Crippen LogP contribution >= 0.6 is 39.9 Å². The summed E-state index contributed by atoms with van der Waals surface area (Å²) in [5, 5.41) is 6.85. The van der Waals surface area contributed by atoms with Gasteiger partial charge in [-0.3, -0.25) is 0 Å². The summed E-state index contributed by atoms with van der Waals surface area (Å²) >= 11 is 3.19. The second-order valence-electron chi connectivity index (χ2n) is 7.39. The molecule has 0 aliphatic carbocycles. The molecule has 0 spiro atoms. The average molecular weight is 569 g/mol. The lowest BCUT2D eigenvalue weighted by Gasteiger charge is -2.34. The van der Waals surface area contributed by atoms with Gasteiger partial charge in [0.1, 0.15) is 5.82 Å². The van der Waals surface area contributed by atoms with Crippen molar-refractivity contribution in [1.29, 1.82) is 0 Å². The first kappa shape index (κ1) is 23.8. The molecule has 158 valence electrons. The lowest BCUT2D eigenvalue weighted by molar-refractivity contribution is 0.150. The number of likely N-dealkylation sites (tertiary alicyclic amines) is 1. The maximum absolute atomic E-state index is 13.7. The van der Waals surface area contributed by atoms with E-state index in [1.165, 1.54) is 12.5 Å². The normalized spacial score (nSPS) is 21.4. The second kappa shape index (κ2) is 12.3. The predicted molar refractivity (Wildman–Crippen MR) is 126 cm³/mol. The van der Waals surface area contributed by atoms with Gasteiger partial charge in [-0.1, -0.05) is 6.07 Å². The highest BCUT2D eigenvalue weighted by molar-refractivity contribution is 14.0. The van der Waals surface area contributed by atoms with E-state index in [9.17, 15) is 4.39 Å². The fraction of sp³-hybridized carbons (Fsp3) is 0.650. The Kier molecular flexibility index (Phi) is 10.5. The molecule has 0 amide bonds. The number of nitrogens with one attached hydrogen (secondary N) is 2. The van der Waals surface area contributed by atoms with Crippen molar-refractivity contribution >= 4 is 45.9 Å². The topological polar surface area (TPSA) is 48.9 Å². The summed E-state index contributed by atoms with van der Waals surface area (Å²) in [5.74, 6) is 1.27. The lowest BCUT2D eigenvalue weighted by atomic mass is 10.0. The molecule has 1 atom stereocenters. The van der Waals surface area contributed by atoms with Gasteiger partial charge in [-0.05, 0) is 65.7 Å². The quantitative estimate of drug-likeness (QED) is 0.312. The van der Waals surface area contributed by atoms with Gasteiger partial charge in [-0.25, -0.2) is 9.38 Å². The Morgan fingerprint density at radius 2 is 2.11 bits per heavy atom. The van der Waals surface area contributed by atoms with Crippen LogP contribution in [0.15, 0.2) is 27.7 Å². The molecular weight excluding hydrogens is 538 g/mol. The molecule has 2 aliphatic rings. The van der Waals surface area contributed by atoms with E-state index >= 15 is 0 Å². The molecule has 2 heterocycles. The zero-order chi connectivity index (χ0) is 19.1. The molecule has 28 heavy (non-hydrogen) atoms. The Morgan fingerprint density at radius 1 is 1.32 bits per heavy atom. The first-order valence-electron chi connectivity index (χ1n) is 9.93. The zero-order valence-corrected chi connectivity index (χ0v) is 20.3. The van der Waals surface area contributed by atoms with E-state index in [4.69, 9.17) is 4.74 Å². The van der Waals surface area contributed by atoms with Crippen molar-refractivity contribution < 1.29 is 9.13 Å². The van der Waals surface area contributed by atoms with E-state index in [2.05, 4.69) is 43.4 Å². The van der Waals surface area contributed by atoms with Gasteiger partial charge in [0, 0.05) is 38.8 Å². The molecule has 0 radical (unpaired) electrons. The minimum atomic E-state index is -0.249. The summed E-state index contributed by atoms with van der Waals surface area (Å²) in [6.45, 7) is 8.57. The second-order valence-corrected chi connectivity index (χ2v) is 8.25. The van der Waals surface area contributed by atoms with Gasteiger partial charge in [0.15, 0.2) is 5.96 Å². The average Bonchev–Trinajstić information content (AvgIpc) is 3.17. The van der Waals surface area contributed by atoms with Crippen LogP contribution in [-0.2, 0) is 11.3 Å². The molecule has 5 nitrogen and oxygen atoms in total. The smallest absolute Gasteiger partial charge is 0.191 e. The number of halogens is 3. The highest BCUT2D eigenvalue weighted by Gasteiger charge is 2.24. The number of guanidine groups is 1. The number of benzene rings is 1. The number of hydrogen-bond donors (Lipinski definition) is 2. The number of aliphatic imine (C=N–C) groups is 1. The highest BCUT2D eigenvalue weighted by atomic mass is 127. The van der Waals surface area contributed by atoms with Gasteiger partial charge < -0.3 is 20.3 Å². The van der Waals surface area contributed by atoms with E-state index < -0.39 is 0 Å². The Labute approximate surface area is 193 Å². The molecule has 2 fully saturated rings. The molecule has 2 aliphatic heterocycles. The van der Waals surface area contributed by atoms with Crippen LogP contribution < -0.4 is 10.6 Å². The van der Waals surface area contributed by atoms with Crippen molar-refractivity contribution in [2.75, 3.05) is 39.4 Å². The summed E-state index contributed by atoms with van der Waals surface area (Å²) < 4.78 is 19.6. The molecule has 2 N–H and O–H groups in total. The largest absolute Gasteiger partial charge is 0.381 e. The molecule has 0 aromatic heterocycles. The molecule has 1 aromatic carbocycles. The summed E-state index contributed by atoms with van der Waals surface area (Å²) in [6.07, 6.45) is 3.43. The van der Waals surface area contributed by atoms with Crippen LogP contribution in [0.4, 0.5) is 4.39 Å². The van der Waals surface area contributed by atoms with Gasteiger partial charge >= 0.3 is 0 Å². The molecule has 8 heteroatoms. The highest BCUT2D eigenvalue weighted by Crippen LogP contribution is 2.18. The molecule has 0 bridgehead atoms. The summed E-state index contributed by atoms with van der Waals surface area (Å²) in [4.78, 5) is 7.19. The van der Waals surface area contributed by atoms with Gasteiger partial charge in [0.05, 0.1) is 17.6 Å². The standard InChI is InChI=1S/C20H30BrFN4O.HI/c1-2-23-20(24-12-15-3-4-18(21)19(22)11-15)25-17-5-8-26(9-6-17)13-16-7-10-27-14-16;/h3-4,11,16-17H,2,5-10,12-14H2,1H3,(H2,23,24,25);1H. The third-order valence-corrected chi connectivity index (χ3v) is 5.86. The van der Waals surface area contributed by atoms with Crippen molar-refractivity contribution in [2.45, 2.75) is 38.8 Å². The number of piperidine rings is 1. The van der Waals surface area contributed by atoms with E-state index in [0.717, 1.165) is 63.8 Å². The van der Waals surface area contributed by atoms with Gasteiger partial charge in [0.25, 0.3) is 0 Å². The zero-order valence-electron chi connectivity index (χ0n) is 16.4. The van der Waals surface area contributed by atoms with E-state index in [1.807, 2.05) is 6.07 Å². The summed E-state index contributed by atoms with van der Waals surface area (Å²) in [7, 11) is 0. The number of nitrogens with zero attached hydrogens (tertiary/aromatic N) is 2. The minimum Gasteiger partial charge on any atom is -0.381 e. The first-order chi connectivity index (χ1) is 13.1. The van der Waals surface area contributed by atoms with Crippen LogP contribution in [-0.4, -0.2) is 56.3 Å². The van der Waals surface area contributed by atoms with Crippen molar-refractivity contribution in [3.8, 4) is 0 Å². The number of hydrogen-bond acceptors (Lipinski definition) is 3. The van der Waals surface area contributed by atoms with Gasteiger partial charge in [-0.2, -0.15) is 0 Å². The molecule has 2 saturated heterocycles. The van der Waals surface area contributed by atoms with Crippen LogP contribution in [0, 0.1) is 11.7 Å². The Morgan fingerprint density at radius 3 is 2.75 bits per heavy atom. The van der Waals surface area contributed by atoms with Crippen LogP contribution in [0.1, 0.15) is 31.7 Å². The number of ether oxygens (including phenoxy) is 1.